The number of pyridine rings is 1. The summed E-state index contributed by atoms with van der Waals surface area (Å²) in [6.07, 6.45) is 6.94. The number of carbonyl (C=O) groups excluding carboxylic acids is 1. The highest BCUT2D eigenvalue weighted by molar-refractivity contribution is 5.92. The number of amides is 1. The van der Waals surface area contributed by atoms with Crippen molar-refractivity contribution >= 4 is 12.0 Å². The van der Waals surface area contributed by atoms with E-state index in [2.05, 4.69) is 22.4 Å². The molecule has 1 N–H and O–H groups in total. The number of rotatable bonds is 5. The first-order valence-corrected chi connectivity index (χ1v) is 8.26. The van der Waals surface area contributed by atoms with Gasteiger partial charge in [0.25, 0.3) is 0 Å². The Morgan fingerprint density at radius 2 is 1.72 bits per heavy atom. The van der Waals surface area contributed by atoms with E-state index >= 15 is 0 Å². The van der Waals surface area contributed by atoms with Crippen molar-refractivity contribution in [1.29, 1.82) is 0 Å². The van der Waals surface area contributed by atoms with Crippen LogP contribution in [-0.2, 0) is 4.79 Å². The van der Waals surface area contributed by atoms with Crippen LogP contribution in [0.1, 0.15) is 24.1 Å². The number of hydrogen-bond acceptors (Lipinski definition) is 2. The summed E-state index contributed by atoms with van der Waals surface area (Å²) in [5.41, 5.74) is 4.29. The lowest BCUT2D eigenvalue weighted by Gasteiger charge is -2.14. The lowest BCUT2D eigenvalue weighted by Crippen LogP contribution is -2.24. The number of nitrogens with zero attached hydrogens (tertiary/aromatic N) is 1. The Balaban J connectivity index is 1.68. The molecule has 2 aromatic carbocycles. The summed E-state index contributed by atoms with van der Waals surface area (Å²) < 4.78 is 0. The zero-order valence-electron chi connectivity index (χ0n) is 14.1. The molecule has 124 valence electrons. The molecule has 0 saturated heterocycles. The third-order valence-electron chi connectivity index (χ3n) is 3.99. The standard InChI is InChI=1S/C22H20N2O/c1-17(24-22(25)11-10-18-6-3-2-4-7-18)20-8-5-9-21(16-20)19-12-14-23-15-13-19/h2-17H,1H3,(H,24,25)/b11-10+/t17-/m0/s1. The minimum Gasteiger partial charge on any atom is -0.346 e. The smallest absolute Gasteiger partial charge is 0.244 e. The van der Waals surface area contributed by atoms with Crippen LogP contribution in [0.3, 0.4) is 0 Å². The van der Waals surface area contributed by atoms with E-state index < -0.39 is 0 Å². The number of aromatic nitrogens is 1. The fourth-order valence-corrected chi connectivity index (χ4v) is 2.61. The third-order valence-corrected chi connectivity index (χ3v) is 3.99. The molecule has 3 rings (SSSR count). The molecule has 1 atom stereocenters. The molecule has 0 radical (unpaired) electrons. The highest BCUT2D eigenvalue weighted by Crippen LogP contribution is 2.22. The second-order valence-electron chi connectivity index (χ2n) is 5.84. The van der Waals surface area contributed by atoms with Crippen LogP contribution in [0.15, 0.2) is 85.2 Å². The van der Waals surface area contributed by atoms with Crippen LogP contribution < -0.4 is 5.32 Å². The van der Waals surface area contributed by atoms with Crippen molar-refractivity contribution in [3.63, 3.8) is 0 Å². The zero-order valence-corrected chi connectivity index (χ0v) is 14.1. The molecule has 25 heavy (non-hydrogen) atoms. The Morgan fingerprint density at radius 1 is 0.960 bits per heavy atom. The Hall–Kier alpha value is -3.20. The molecule has 0 spiro atoms. The first kappa shape index (κ1) is 16.7. The van der Waals surface area contributed by atoms with Crippen molar-refractivity contribution in [3.8, 4) is 11.1 Å². The first-order valence-electron chi connectivity index (χ1n) is 8.26. The van der Waals surface area contributed by atoms with E-state index in [1.807, 2.05) is 67.6 Å². The normalized spacial score (nSPS) is 12.0. The summed E-state index contributed by atoms with van der Waals surface area (Å²) in [5, 5.41) is 3.01. The van der Waals surface area contributed by atoms with Crippen LogP contribution in [0.4, 0.5) is 0 Å². The van der Waals surface area contributed by atoms with Gasteiger partial charge in [0.05, 0.1) is 6.04 Å². The van der Waals surface area contributed by atoms with E-state index in [0.29, 0.717) is 0 Å². The van der Waals surface area contributed by atoms with Crippen molar-refractivity contribution in [3.05, 3.63) is 96.3 Å². The Bertz CT molecular complexity index is 857. The van der Waals surface area contributed by atoms with Crippen LogP contribution in [0.2, 0.25) is 0 Å². The molecular formula is C22H20N2O. The van der Waals surface area contributed by atoms with Gasteiger partial charge in [0.1, 0.15) is 0 Å². The highest BCUT2D eigenvalue weighted by atomic mass is 16.1. The molecule has 3 heteroatoms. The van der Waals surface area contributed by atoms with E-state index in [1.54, 1.807) is 18.5 Å². The molecule has 0 bridgehead atoms. The van der Waals surface area contributed by atoms with Crippen LogP contribution in [0, 0.1) is 0 Å². The lowest BCUT2D eigenvalue weighted by molar-refractivity contribution is -0.117. The monoisotopic (exact) mass is 328 g/mol. The zero-order chi connectivity index (χ0) is 17.5. The van der Waals surface area contributed by atoms with Crippen molar-refractivity contribution in [1.82, 2.24) is 10.3 Å². The van der Waals surface area contributed by atoms with Gasteiger partial charge in [-0.1, -0.05) is 48.5 Å². The van der Waals surface area contributed by atoms with Crippen molar-refractivity contribution in [2.75, 3.05) is 0 Å². The van der Waals surface area contributed by atoms with Crippen LogP contribution in [-0.4, -0.2) is 10.9 Å². The summed E-state index contributed by atoms with van der Waals surface area (Å²) in [6, 6.07) is 21.8. The molecule has 3 nitrogen and oxygen atoms in total. The van der Waals surface area contributed by atoms with E-state index in [4.69, 9.17) is 0 Å². The Labute approximate surface area is 148 Å². The first-order chi connectivity index (χ1) is 12.2. The molecular weight excluding hydrogens is 308 g/mol. The minimum absolute atomic E-state index is 0.0743. The molecule has 0 aliphatic rings. The van der Waals surface area contributed by atoms with Gasteiger partial charge in [-0.05, 0) is 53.5 Å². The van der Waals surface area contributed by atoms with Crippen molar-refractivity contribution in [2.24, 2.45) is 0 Å². The number of carbonyl (C=O) groups is 1. The van der Waals surface area contributed by atoms with Gasteiger partial charge in [0.2, 0.25) is 5.91 Å². The van der Waals surface area contributed by atoms with Gasteiger partial charge in [0.15, 0.2) is 0 Å². The molecule has 0 aliphatic heterocycles. The second kappa shape index (κ2) is 8.06. The quantitative estimate of drug-likeness (QED) is 0.693. The van der Waals surface area contributed by atoms with E-state index in [9.17, 15) is 4.79 Å². The van der Waals surface area contributed by atoms with Gasteiger partial charge in [-0.2, -0.15) is 0 Å². The van der Waals surface area contributed by atoms with Crippen molar-refractivity contribution < 1.29 is 4.79 Å². The molecule has 0 unspecified atom stereocenters. The van der Waals surface area contributed by atoms with Gasteiger partial charge in [0, 0.05) is 18.5 Å². The topological polar surface area (TPSA) is 42.0 Å². The van der Waals surface area contributed by atoms with E-state index in [0.717, 1.165) is 22.3 Å². The summed E-state index contributed by atoms with van der Waals surface area (Å²) in [5.74, 6) is -0.106. The SMILES string of the molecule is C[C@H](NC(=O)/C=C/c1ccccc1)c1cccc(-c2ccncc2)c1. The average Bonchev–Trinajstić information content (AvgIpc) is 2.68. The summed E-state index contributed by atoms with van der Waals surface area (Å²) in [6.45, 7) is 1.99. The van der Waals surface area contributed by atoms with Gasteiger partial charge in [-0.15, -0.1) is 0 Å². The predicted molar refractivity (Wildman–Crippen MR) is 102 cm³/mol. The molecule has 3 aromatic rings. The predicted octanol–water partition coefficient (Wildman–Crippen LogP) is 4.64. The summed E-state index contributed by atoms with van der Waals surface area (Å²) in [7, 11) is 0. The van der Waals surface area contributed by atoms with Crippen molar-refractivity contribution in [2.45, 2.75) is 13.0 Å². The fourth-order valence-electron chi connectivity index (χ4n) is 2.61. The molecule has 0 saturated carbocycles. The highest BCUT2D eigenvalue weighted by Gasteiger charge is 2.08. The fraction of sp³-hybridized carbons (Fsp3) is 0.0909. The van der Waals surface area contributed by atoms with Crippen LogP contribution in [0.5, 0.6) is 0 Å². The van der Waals surface area contributed by atoms with Crippen LogP contribution in [0.25, 0.3) is 17.2 Å². The number of hydrogen-bond donors (Lipinski definition) is 1. The van der Waals surface area contributed by atoms with E-state index in [1.165, 1.54) is 0 Å². The molecule has 1 aromatic heterocycles. The largest absolute Gasteiger partial charge is 0.346 e. The minimum atomic E-state index is -0.106. The summed E-state index contributed by atoms with van der Waals surface area (Å²) in [4.78, 5) is 16.2. The van der Waals surface area contributed by atoms with Gasteiger partial charge in [-0.3, -0.25) is 9.78 Å². The van der Waals surface area contributed by atoms with Crippen LogP contribution >= 0.6 is 0 Å². The molecule has 0 fully saturated rings. The summed E-state index contributed by atoms with van der Waals surface area (Å²) >= 11 is 0. The van der Waals surface area contributed by atoms with E-state index in [-0.39, 0.29) is 11.9 Å². The third kappa shape index (κ3) is 4.64. The molecule has 1 amide bonds. The Kier molecular flexibility index (Phi) is 5.37. The van der Waals surface area contributed by atoms with Gasteiger partial charge >= 0.3 is 0 Å². The maximum Gasteiger partial charge on any atom is 0.244 e. The number of nitrogens with one attached hydrogen (secondary N) is 1. The molecule has 1 heterocycles. The van der Waals surface area contributed by atoms with Gasteiger partial charge < -0.3 is 5.32 Å². The second-order valence-corrected chi connectivity index (χ2v) is 5.84. The molecule has 0 aliphatic carbocycles. The van der Waals surface area contributed by atoms with Gasteiger partial charge in [-0.25, -0.2) is 0 Å². The average molecular weight is 328 g/mol. The maximum atomic E-state index is 12.1. The Morgan fingerprint density at radius 3 is 2.48 bits per heavy atom. The number of benzene rings is 2. The maximum absolute atomic E-state index is 12.1. The lowest BCUT2D eigenvalue weighted by atomic mass is 10.0.